The van der Waals surface area contributed by atoms with Gasteiger partial charge in [0, 0.05) is 19.4 Å². The van der Waals surface area contributed by atoms with Gasteiger partial charge in [0.2, 0.25) is 0 Å². The van der Waals surface area contributed by atoms with Gasteiger partial charge in [-0.3, -0.25) is 4.57 Å². The summed E-state index contributed by atoms with van der Waals surface area (Å²) in [5.74, 6) is 0.918. The highest BCUT2D eigenvalue weighted by molar-refractivity contribution is 5.45. The number of aryl methyl sites for hydroxylation is 1. The number of aromatic nitrogens is 3. The second kappa shape index (κ2) is 4.32. The molecule has 0 radical (unpaired) electrons. The molecule has 0 unspecified atom stereocenters. The van der Waals surface area contributed by atoms with Crippen molar-refractivity contribution in [1.29, 1.82) is 0 Å². The molecule has 0 aliphatic heterocycles. The molecular formula is C11H11F3N4. The van der Waals surface area contributed by atoms with Crippen molar-refractivity contribution in [3.8, 4) is 5.82 Å². The van der Waals surface area contributed by atoms with Crippen LogP contribution < -0.4 is 5.32 Å². The molecule has 96 valence electrons. The molecule has 0 atom stereocenters. The Balaban J connectivity index is 2.58. The highest BCUT2D eigenvalue weighted by Crippen LogP contribution is 2.31. The number of pyridine rings is 1. The summed E-state index contributed by atoms with van der Waals surface area (Å²) < 4.78 is 39.7. The summed E-state index contributed by atoms with van der Waals surface area (Å²) in [5, 5.41) is 2.62. The van der Waals surface area contributed by atoms with Gasteiger partial charge in [-0.25, -0.2) is 9.97 Å². The summed E-state index contributed by atoms with van der Waals surface area (Å²) in [4.78, 5) is 8.04. The second-order valence-electron chi connectivity index (χ2n) is 3.69. The first kappa shape index (κ1) is 12.4. The van der Waals surface area contributed by atoms with E-state index in [1.54, 1.807) is 13.1 Å². The molecule has 0 amide bonds. The van der Waals surface area contributed by atoms with Crippen LogP contribution in [0.25, 0.3) is 5.82 Å². The van der Waals surface area contributed by atoms with E-state index in [4.69, 9.17) is 0 Å². The van der Waals surface area contributed by atoms with Gasteiger partial charge < -0.3 is 5.32 Å². The molecule has 0 bridgehead atoms. The van der Waals surface area contributed by atoms with Crippen LogP contribution in [0.3, 0.4) is 0 Å². The maximum atomic E-state index is 12.7. The molecule has 4 nitrogen and oxygen atoms in total. The van der Waals surface area contributed by atoms with Gasteiger partial charge >= 0.3 is 6.18 Å². The number of hydrogen-bond acceptors (Lipinski definition) is 3. The van der Waals surface area contributed by atoms with Gasteiger partial charge in [0.25, 0.3) is 0 Å². The lowest BCUT2D eigenvalue weighted by atomic mass is 10.2. The normalized spacial score (nSPS) is 11.6. The Labute approximate surface area is 101 Å². The maximum Gasteiger partial charge on any atom is 0.416 e. The third-order valence-corrected chi connectivity index (χ3v) is 2.47. The quantitative estimate of drug-likeness (QED) is 0.898. The van der Waals surface area contributed by atoms with Gasteiger partial charge in [0.1, 0.15) is 17.5 Å². The molecule has 0 saturated heterocycles. The largest absolute Gasteiger partial charge is 0.416 e. The van der Waals surface area contributed by atoms with Gasteiger partial charge in [-0.15, -0.1) is 0 Å². The Morgan fingerprint density at radius 3 is 2.50 bits per heavy atom. The summed E-state index contributed by atoms with van der Waals surface area (Å²) in [6.45, 7) is 1.70. The monoisotopic (exact) mass is 256 g/mol. The first-order valence-electron chi connectivity index (χ1n) is 5.19. The number of hydrogen-bond donors (Lipinski definition) is 1. The molecule has 0 aliphatic rings. The summed E-state index contributed by atoms with van der Waals surface area (Å²) in [5.41, 5.74) is -0.745. The van der Waals surface area contributed by atoms with Crippen molar-refractivity contribution in [2.24, 2.45) is 0 Å². The highest BCUT2D eigenvalue weighted by atomic mass is 19.4. The fraction of sp³-hybridized carbons (Fsp3) is 0.273. The third-order valence-electron chi connectivity index (χ3n) is 2.47. The van der Waals surface area contributed by atoms with Crippen LogP contribution in [0.1, 0.15) is 11.4 Å². The molecule has 0 saturated carbocycles. The van der Waals surface area contributed by atoms with E-state index in [0.29, 0.717) is 5.82 Å². The van der Waals surface area contributed by atoms with Gasteiger partial charge in [0.15, 0.2) is 0 Å². The number of nitrogens with one attached hydrogen (secondary N) is 1. The van der Waals surface area contributed by atoms with E-state index in [9.17, 15) is 13.2 Å². The summed E-state index contributed by atoms with van der Waals surface area (Å²) in [7, 11) is 1.52. The van der Waals surface area contributed by atoms with Crippen molar-refractivity contribution in [2.75, 3.05) is 12.4 Å². The Morgan fingerprint density at radius 1 is 1.28 bits per heavy atom. The fourth-order valence-electron chi connectivity index (χ4n) is 1.55. The fourth-order valence-corrected chi connectivity index (χ4v) is 1.55. The molecule has 0 aliphatic carbocycles. The molecule has 2 aromatic rings. The average molecular weight is 256 g/mol. The van der Waals surface area contributed by atoms with Crippen LogP contribution in [0.15, 0.2) is 24.5 Å². The van der Waals surface area contributed by atoms with E-state index >= 15 is 0 Å². The minimum absolute atomic E-state index is 0.160. The molecule has 0 spiro atoms. The Hall–Kier alpha value is -2.05. The lowest BCUT2D eigenvalue weighted by molar-refractivity contribution is -0.137. The molecule has 2 heterocycles. The van der Waals surface area contributed by atoms with Crippen LogP contribution in [-0.2, 0) is 6.18 Å². The summed E-state index contributed by atoms with van der Waals surface area (Å²) in [6, 6.07) is 1.96. The molecule has 1 N–H and O–H groups in total. The summed E-state index contributed by atoms with van der Waals surface area (Å²) in [6.07, 6.45) is -1.33. The standard InChI is InChI=1S/C11H11F3N4/c1-7-16-3-4-18(7)10-6-8(11(12,13)14)5-9(15-2)17-10/h3-6H,1-2H3,(H,15,17). The van der Waals surface area contributed by atoms with Crippen molar-refractivity contribution in [1.82, 2.24) is 14.5 Å². The number of halogens is 3. The number of nitrogens with zero attached hydrogens (tertiary/aromatic N) is 3. The molecule has 0 fully saturated rings. The van der Waals surface area contributed by atoms with Crippen LogP contribution in [0.5, 0.6) is 0 Å². The molecule has 2 rings (SSSR count). The maximum absolute atomic E-state index is 12.7. The minimum atomic E-state index is -4.40. The van der Waals surface area contributed by atoms with Gasteiger partial charge in [0.05, 0.1) is 5.56 Å². The van der Waals surface area contributed by atoms with E-state index in [1.165, 1.54) is 17.8 Å². The highest BCUT2D eigenvalue weighted by Gasteiger charge is 2.31. The van der Waals surface area contributed by atoms with Crippen LogP contribution in [0.4, 0.5) is 19.0 Å². The molecular weight excluding hydrogens is 245 g/mol. The number of alkyl halides is 3. The number of rotatable bonds is 2. The topological polar surface area (TPSA) is 42.7 Å². The van der Waals surface area contributed by atoms with Crippen LogP contribution >= 0.6 is 0 Å². The van der Waals surface area contributed by atoms with Crippen molar-refractivity contribution < 1.29 is 13.2 Å². The van der Waals surface area contributed by atoms with E-state index in [-0.39, 0.29) is 11.6 Å². The smallest absolute Gasteiger partial charge is 0.373 e. The van der Waals surface area contributed by atoms with E-state index < -0.39 is 11.7 Å². The van der Waals surface area contributed by atoms with Gasteiger partial charge in [-0.2, -0.15) is 13.2 Å². The number of imidazole rings is 1. The first-order valence-corrected chi connectivity index (χ1v) is 5.19. The van der Waals surface area contributed by atoms with Crippen LogP contribution in [0, 0.1) is 6.92 Å². The summed E-state index contributed by atoms with van der Waals surface area (Å²) >= 11 is 0. The predicted molar refractivity (Wildman–Crippen MR) is 60.6 cm³/mol. The first-order chi connectivity index (χ1) is 8.41. The van der Waals surface area contributed by atoms with Crippen molar-refractivity contribution >= 4 is 5.82 Å². The Morgan fingerprint density at radius 2 is 2.00 bits per heavy atom. The van der Waals surface area contributed by atoms with E-state index in [1.807, 2.05) is 0 Å². The number of anilines is 1. The lowest BCUT2D eigenvalue weighted by Crippen LogP contribution is -2.10. The van der Waals surface area contributed by atoms with Gasteiger partial charge in [-0.05, 0) is 19.1 Å². The SMILES string of the molecule is CNc1cc(C(F)(F)F)cc(-n2ccnc2C)n1. The molecule has 0 aromatic carbocycles. The van der Waals surface area contributed by atoms with Crippen LogP contribution in [0.2, 0.25) is 0 Å². The molecule has 2 aromatic heterocycles. The zero-order valence-corrected chi connectivity index (χ0v) is 9.78. The van der Waals surface area contributed by atoms with E-state index in [0.717, 1.165) is 12.1 Å². The lowest BCUT2D eigenvalue weighted by Gasteiger charge is -2.12. The minimum Gasteiger partial charge on any atom is -0.373 e. The van der Waals surface area contributed by atoms with E-state index in [2.05, 4.69) is 15.3 Å². The zero-order chi connectivity index (χ0) is 13.3. The van der Waals surface area contributed by atoms with Crippen molar-refractivity contribution in [2.45, 2.75) is 13.1 Å². The second-order valence-corrected chi connectivity index (χ2v) is 3.69. The Kier molecular flexibility index (Phi) is 2.98. The zero-order valence-electron chi connectivity index (χ0n) is 9.78. The molecule has 18 heavy (non-hydrogen) atoms. The Bertz CT molecular complexity index is 560. The van der Waals surface area contributed by atoms with Crippen LogP contribution in [-0.4, -0.2) is 21.6 Å². The molecule has 7 heteroatoms. The predicted octanol–water partition coefficient (Wildman–Crippen LogP) is 2.64. The van der Waals surface area contributed by atoms with Gasteiger partial charge in [-0.1, -0.05) is 0 Å². The average Bonchev–Trinajstić information content (AvgIpc) is 2.73. The van der Waals surface area contributed by atoms with Crippen molar-refractivity contribution in [3.05, 3.63) is 35.9 Å². The van der Waals surface area contributed by atoms with Crippen molar-refractivity contribution in [3.63, 3.8) is 0 Å². The third kappa shape index (κ3) is 2.29.